The summed E-state index contributed by atoms with van der Waals surface area (Å²) in [6.07, 6.45) is 0. The normalized spacial score (nSPS) is 11.1. The number of benzene rings is 1. The number of aromatic carboxylic acids is 1. The van der Waals surface area contributed by atoms with Gasteiger partial charge in [-0.2, -0.15) is 4.37 Å². The van der Waals surface area contributed by atoms with Gasteiger partial charge in [0.25, 0.3) is 0 Å². The predicted molar refractivity (Wildman–Crippen MR) is 87.9 cm³/mol. The van der Waals surface area contributed by atoms with Gasteiger partial charge in [-0.15, -0.1) is 0 Å². The number of urea groups is 1. The van der Waals surface area contributed by atoms with E-state index in [4.69, 9.17) is 5.11 Å². The molecule has 3 N–H and O–H groups in total. The monoisotopic (exact) mass is 334 g/mol. The number of amides is 2. The maximum absolute atomic E-state index is 11.8. The summed E-state index contributed by atoms with van der Waals surface area (Å²) < 4.78 is 4.22. The van der Waals surface area contributed by atoms with Gasteiger partial charge >= 0.3 is 12.0 Å². The molecule has 0 unspecified atom stereocenters. The fourth-order valence-electron chi connectivity index (χ4n) is 1.67. The fourth-order valence-corrected chi connectivity index (χ4v) is 2.42. The summed E-state index contributed by atoms with van der Waals surface area (Å²) in [5.74, 6) is -0.296. The second kappa shape index (κ2) is 6.74. The van der Waals surface area contributed by atoms with Crippen molar-refractivity contribution in [1.82, 2.24) is 14.7 Å². The highest BCUT2D eigenvalue weighted by Crippen LogP contribution is 2.22. The Hall–Kier alpha value is -2.48. The molecule has 1 heterocycles. The molecule has 0 aliphatic heterocycles. The quantitative estimate of drug-likeness (QED) is 0.797. The van der Waals surface area contributed by atoms with Crippen LogP contribution in [0.25, 0.3) is 0 Å². The second-order valence-corrected chi connectivity index (χ2v) is 6.73. The second-order valence-electron chi connectivity index (χ2n) is 5.98. The van der Waals surface area contributed by atoms with Crippen LogP contribution in [0.2, 0.25) is 0 Å². The number of rotatable bonds is 4. The average Bonchev–Trinajstić information content (AvgIpc) is 2.94. The van der Waals surface area contributed by atoms with Gasteiger partial charge in [0.15, 0.2) is 0 Å². The van der Waals surface area contributed by atoms with Gasteiger partial charge in [0.2, 0.25) is 5.13 Å². The summed E-state index contributed by atoms with van der Waals surface area (Å²) in [6, 6.07) is 5.93. The zero-order chi connectivity index (χ0) is 17.0. The molecule has 0 aliphatic carbocycles. The van der Waals surface area contributed by atoms with E-state index in [1.807, 2.05) is 20.8 Å². The van der Waals surface area contributed by atoms with Crippen molar-refractivity contribution in [3.05, 3.63) is 41.2 Å². The summed E-state index contributed by atoms with van der Waals surface area (Å²) in [6.45, 7) is 6.29. The Kier molecular flexibility index (Phi) is 4.95. The highest BCUT2D eigenvalue weighted by molar-refractivity contribution is 7.09. The minimum Gasteiger partial charge on any atom is -0.478 e. The molecular formula is C15H18N4O3S. The molecule has 122 valence electrons. The van der Waals surface area contributed by atoms with Gasteiger partial charge in [-0.25, -0.2) is 14.6 Å². The van der Waals surface area contributed by atoms with E-state index in [2.05, 4.69) is 20.0 Å². The SMILES string of the molecule is CC(C)(C)c1nsc(NC(=O)NCc2ccc(C(=O)O)cc2)n1. The van der Waals surface area contributed by atoms with Gasteiger partial charge in [-0.05, 0) is 17.7 Å². The maximum atomic E-state index is 11.8. The standard InChI is InChI=1S/C15H18N4O3S/c1-15(2,3)12-17-14(23-19-12)18-13(22)16-8-9-4-6-10(7-5-9)11(20)21/h4-7H,8H2,1-3H3,(H,20,21)(H2,16,17,18,19,22). The lowest BCUT2D eigenvalue weighted by molar-refractivity contribution is 0.0697. The first-order valence-corrected chi connectivity index (χ1v) is 7.74. The molecule has 0 saturated heterocycles. The minimum absolute atomic E-state index is 0.168. The molecule has 2 aromatic rings. The van der Waals surface area contributed by atoms with Crippen molar-refractivity contribution in [2.24, 2.45) is 0 Å². The number of aromatic nitrogens is 2. The Morgan fingerprint density at radius 1 is 1.22 bits per heavy atom. The molecular weight excluding hydrogens is 316 g/mol. The highest BCUT2D eigenvalue weighted by Gasteiger charge is 2.20. The lowest BCUT2D eigenvalue weighted by atomic mass is 9.96. The zero-order valence-electron chi connectivity index (χ0n) is 13.1. The lowest BCUT2D eigenvalue weighted by Gasteiger charge is -2.12. The number of nitrogens with zero attached hydrogens (tertiary/aromatic N) is 2. The molecule has 0 spiro atoms. The molecule has 0 saturated carbocycles. The van der Waals surface area contributed by atoms with Crippen molar-refractivity contribution >= 4 is 28.7 Å². The van der Waals surface area contributed by atoms with Gasteiger partial charge < -0.3 is 10.4 Å². The number of carbonyl (C=O) groups is 2. The molecule has 0 bridgehead atoms. The molecule has 2 amide bonds. The maximum Gasteiger partial charge on any atom is 0.335 e. The van der Waals surface area contributed by atoms with Crippen LogP contribution in [0.15, 0.2) is 24.3 Å². The Labute approximate surface area is 137 Å². The van der Waals surface area contributed by atoms with Gasteiger partial charge in [0.05, 0.1) is 5.56 Å². The number of carboxylic acid groups (broad SMARTS) is 1. The topological polar surface area (TPSA) is 104 Å². The Morgan fingerprint density at radius 2 is 1.87 bits per heavy atom. The first-order chi connectivity index (χ1) is 10.8. The van der Waals surface area contributed by atoms with Crippen LogP contribution in [-0.2, 0) is 12.0 Å². The molecule has 0 fully saturated rings. The van der Waals surface area contributed by atoms with Gasteiger partial charge in [-0.1, -0.05) is 32.9 Å². The van der Waals surface area contributed by atoms with Crippen molar-refractivity contribution in [2.75, 3.05) is 5.32 Å². The summed E-state index contributed by atoms with van der Waals surface area (Å²) in [4.78, 5) is 26.9. The van der Waals surface area contributed by atoms with Crippen molar-refractivity contribution in [2.45, 2.75) is 32.7 Å². The van der Waals surface area contributed by atoms with E-state index in [1.54, 1.807) is 12.1 Å². The van der Waals surface area contributed by atoms with Crippen LogP contribution in [0, 0.1) is 0 Å². The third kappa shape index (κ3) is 4.75. The molecule has 8 heteroatoms. The predicted octanol–water partition coefficient (Wildman–Crippen LogP) is 2.86. The summed E-state index contributed by atoms with van der Waals surface area (Å²) in [5, 5.41) is 14.6. The molecule has 1 aromatic heterocycles. The van der Waals surface area contributed by atoms with Crippen LogP contribution in [0.4, 0.5) is 9.93 Å². The van der Waals surface area contributed by atoms with Crippen LogP contribution in [0.3, 0.4) is 0 Å². The summed E-state index contributed by atoms with van der Waals surface area (Å²) in [7, 11) is 0. The Balaban J connectivity index is 1.87. The molecule has 0 aliphatic rings. The molecule has 2 rings (SSSR count). The summed E-state index contributed by atoms with van der Waals surface area (Å²) >= 11 is 1.13. The lowest BCUT2D eigenvalue weighted by Crippen LogP contribution is -2.28. The molecule has 23 heavy (non-hydrogen) atoms. The van der Waals surface area contributed by atoms with Crippen molar-refractivity contribution in [3.8, 4) is 0 Å². The van der Waals surface area contributed by atoms with Crippen molar-refractivity contribution in [3.63, 3.8) is 0 Å². The fraction of sp³-hybridized carbons (Fsp3) is 0.333. The molecule has 1 aromatic carbocycles. The van der Waals surface area contributed by atoms with E-state index >= 15 is 0 Å². The van der Waals surface area contributed by atoms with E-state index in [0.717, 1.165) is 17.1 Å². The molecule has 0 radical (unpaired) electrons. The van der Waals surface area contributed by atoms with Crippen LogP contribution in [-0.4, -0.2) is 26.5 Å². The Morgan fingerprint density at radius 3 is 2.39 bits per heavy atom. The van der Waals surface area contributed by atoms with Gasteiger partial charge in [0, 0.05) is 23.5 Å². The van der Waals surface area contributed by atoms with Crippen molar-refractivity contribution in [1.29, 1.82) is 0 Å². The summed E-state index contributed by atoms with van der Waals surface area (Å²) in [5.41, 5.74) is 0.846. The largest absolute Gasteiger partial charge is 0.478 e. The number of carbonyl (C=O) groups excluding carboxylic acids is 1. The highest BCUT2D eigenvalue weighted by atomic mass is 32.1. The zero-order valence-corrected chi connectivity index (χ0v) is 13.9. The van der Waals surface area contributed by atoms with Crippen molar-refractivity contribution < 1.29 is 14.7 Å². The van der Waals surface area contributed by atoms with Gasteiger partial charge in [-0.3, -0.25) is 5.32 Å². The van der Waals surface area contributed by atoms with E-state index in [1.165, 1.54) is 12.1 Å². The van der Waals surface area contributed by atoms with E-state index in [0.29, 0.717) is 11.0 Å². The van der Waals surface area contributed by atoms with E-state index in [-0.39, 0.29) is 23.6 Å². The molecule has 7 nitrogen and oxygen atoms in total. The number of anilines is 1. The third-order valence-electron chi connectivity index (χ3n) is 2.97. The number of hydrogen-bond donors (Lipinski definition) is 3. The molecule has 0 atom stereocenters. The van der Waals surface area contributed by atoms with Crippen LogP contribution >= 0.6 is 11.5 Å². The van der Waals surface area contributed by atoms with Crippen LogP contribution in [0.1, 0.15) is 42.5 Å². The van der Waals surface area contributed by atoms with Gasteiger partial charge in [0.1, 0.15) is 5.82 Å². The minimum atomic E-state index is -0.979. The Bertz CT molecular complexity index is 704. The first kappa shape index (κ1) is 16.9. The van der Waals surface area contributed by atoms with E-state index in [9.17, 15) is 9.59 Å². The third-order valence-corrected chi connectivity index (χ3v) is 3.60. The number of carboxylic acids is 1. The average molecular weight is 334 g/mol. The first-order valence-electron chi connectivity index (χ1n) is 6.97. The van der Waals surface area contributed by atoms with E-state index < -0.39 is 5.97 Å². The number of nitrogens with one attached hydrogen (secondary N) is 2. The van der Waals surface area contributed by atoms with Crippen LogP contribution in [0.5, 0.6) is 0 Å². The number of hydrogen-bond acceptors (Lipinski definition) is 5. The smallest absolute Gasteiger partial charge is 0.335 e. The van der Waals surface area contributed by atoms with Crippen LogP contribution < -0.4 is 10.6 Å².